The molecular weight excluding hydrogens is 319 g/mol. The summed E-state index contributed by atoms with van der Waals surface area (Å²) in [4.78, 5) is 12.2. The van der Waals surface area contributed by atoms with Gasteiger partial charge in [0, 0.05) is 16.5 Å². The van der Waals surface area contributed by atoms with E-state index in [9.17, 15) is 9.18 Å². The summed E-state index contributed by atoms with van der Waals surface area (Å²) in [6.45, 7) is 4.27. The number of carbonyl (C=O) groups is 1. The van der Waals surface area contributed by atoms with Crippen LogP contribution in [0.25, 0.3) is 0 Å². The van der Waals surface area contributed by atoms with E-state index in [2.05, 4.69) is 29.8 Å². The van der Waals surface area contributed by atoms with Gasteiger partial charge in [0.25, 0.3) is 0 Å². The number of rotatable bonds is 4. The van der Waals surface area contributed by atoms with Crippen molar-refractivity contribution in [3.63, 3.8) is 0 Å². The fourth-order valence-electron chi connectivity index (χ4n) is 2.02. The second-order valence-electron chi connectivity index (χ2n) is 5.12. The summed E-state index contributed by atoms with van der Waals surface area (Å²) < 4.78 is 13.5. The van der Waals surface area contributed by atoms with E-state index in [1.54, 1.807) is 0 Å². The molecule has 0 bridgehead atoms. The maximum Gasteiger partial charge on any atom is 0.168 e. The van der Waals surface area contributed by atoms with E-state index in [-0.39, 0.29) is 11.6 Å². The lowest BCUT2D eigenvalue weighted by atomic mass is 9.98. The standard InChI is InChI=1S/C17H16BrFO/c1-11(2)13-5-3-12(4-6-13)9-17(20)15-8-7-14(19)10-16(15)18/h3-8,10-11H,9H2,1-2H3. The zero-order chi connectivity index (χ0) is 14.7. The van der Waals surface area contributed by atoms with E-state index < -0.39 is 0 Å². The Morgan fingerprint density at radius 1 is 1.15 bits per heavy atom. The zero-order valence-corrected chi connectivity index (χ0v) is 13.1. The van der Waals surface area contributed by atoms with Gasteiger partial charge in [-0.1, -0.05) is 38.1 Å². The Morgan fingerprint density at radius 3 is 2.35 bits per heavy atom. The quantitative estimate of drug-likeness (QED) is 0.707. The molecule has 2 aromatic rings. The lowest BCUT2D eigenvalue weighted by Gasteiger charge is -2.07. The molecule has 0 amide bonds. The van der Waals surface area contributed by atoms with Crippen LogP contribution in [0.1, 0.15) is 41.3 Å². The smallest absolute Gasteiger partial charge is 0.168 e. The monoisotopic (exact) mass is 334 g/mol. The first-order valence-electron chi connectivity index (χ1n) is 6.54. The van der Waals surface area contributed by atoms with Crippen molar-refractivity contribution in [1.82, 2.24) is 0 Å². The van der Waals surface area contributed by atoms with Gasteiger partial charge < -0.3 is 0 Å². The largest absolute Gasteiger partial charge is 0.294 e. The third-order valence-electron chi connectivity index (χ3n) is 3.24. The molecule has 0 aliphatic rings. The predicted molar refractivity (Wildman–Crippen MR) is 82.7 cm³/mol. The molecule has 0 saturated heterocycles. The predicted octanol–water partition coefficient (Wildman–Crippen LogP) is 5.14. The minimum Gasteiger partial charge on any atom is -0.294 e. The fraction of sp³-hybridized carbons (Fsp3) is 0.235. The van der Waals surface area contributed by atoms with Crippen molar-refractivity contribution in [1.29, 1.82) is 0 Å². The third kappa shape index (κ3) is 3.54. The summed E-state index contributed by atoms with van der Waals surface area (Å²) in [5, 5.41) is 0. The second-order valence-corrected chi connectivity index (χ2v) is 5.97. The minimum absolute atomic E-state index is 0.0193. The van der Waals surface area contributed by atoms with Crippen LogP contribution in [0, 0.1) is 5.82 Å². The maximum absolute atomic E-state index is 13.0. The highest BCUT2D eigenvalue weighted by atomic mass is 79.9. The number of carbonyl (C=O) groups excluding carboxylic acids is 1. The fourth-order valence-corrected chi connectivity index (χ4v) is 2.59. The molecule has 0 unspecified atom stereocenters. The van der Waals surface area contributed by atoms with Crippen LogP contribution in [0.15, 0.2) is 46.9 Å². The van der Waals surface area contributed by atoms with Crippen molar-refractivity contribution in [2.45, 2.75) is 26.2 Å². The summed E-state index contributed by atoms with van der Waals surface area (Å²) in [6, 6.07) is 12.2. The van der Waals surface area contributed by atoms with Crippen molar-refractivity contribution in [2.75, 3.05) is 0 Å². The lowest BCUT2D eigenvalue weighted by molar-refractivity contribution is 0.0992. The van der Waals surface area contributed by atoms with Gasteiger partial charge in [-0.2, -0.15) is 0 Å². The summed E-state index contributed by atoms with van der Waals surface area (Å²) in [6.07, 6.45) is 0.322. The highest BCUT2D eigenvalue weighted by Crippen LogP contribution is 2.21. The molecule has 104 valence electrons. The highest BCUT2D eigenvalue weighted by Gasteiger charge is 2.11. The summed E-state index contributed by atoms with van der Waals surface area (Å²) in [7, 11) is 0. The second kappa shape index (κ2) is 6.31. The molecule has 0 fully saturated rings. The van der Waals surface area contributed by atoms with Gasteiger partial charge >= 0.3 is 0 Å². The first kappa shape index (κ1) is 14.9. The van der Waals surface area contributed by atoms with Gasteiger partial charge in [0.05, 0.1) is 0 Å². The average Bonchev–Trinajstić information content (AvgIpc) is 2.39. The van der Waals surface area contributed by atoms with E-state index >= 15 is 0 Å². The Bertz CT molecular complexity index is 617. The van der Waals surface area contributed by atoms with Crippen LogP contribution in [0.4, 0.5) is 4.39 Å². The molecule has 0 aromatic heterocycles. The molecular formula is C17H16BrFO. The van der Waals surface area contributed by atoms with Crippen LogP contribution in [-0.4, -0.2) is 5.78 Å². The molecule has 3 heteroatoms. The third-order valence-corrected chi connectivity index (χ3v) is 3.90. The van der Waals surface area contributed by atoms with Gasteiger partial charge in [0.1, 0.15) is 5.82 Å². The van der Waals surface area contributed by atoms with Crippen molar-refractivity contribution in [3.8, 4) is 0 Å². The van der Waals surface area contributed by atoms with Gasteiger partial charge in [-0.25, -0.2) is 4.39 Å². The first-order valence-corrected chi connectivity index (χ1v) is 7.33. The van der Waals surface area contributed by atoms with Crippen LogP contribution in [0.5, 0.6) is 0 Å². The Kier molecular flexibility index (Phi) is 4.71. The van der Waals surface area contributed by atoms with E-state index in [0.29, 0.717) is 22.4 Å². The molecule has 20 heavy (non-hydrogen) atoms. The van der Waals surface area contributed by atoms with Crippen LogP contribution in [0.2, 0.25) is 0 Å². The number of halogens is 2. The van der Waals surface area contributed by atoms with E-state index in [4.69, 9.17) is 0 Å². The van der Waals surface area contributed by atoms with Gasteiger partial charge in [-0.05, 0) is 51.2 Å². The molecule has 0 atom stereocenters. The number of ketones is 1. The minimum atomic E-state index is -0.352. The van der Waals surface area contributed by atoms with Crippen molar-refractivity contribution in [2.24, 2.45) is 0 Å². The molecule has 0 radical (unpaired) electrons. The molecule has 0 heterocycles. The van der Waals surface area contributed by atoms with Crippen molar-refractivity contribution < 1.29 is 9.18 Å². The first-order chi connectivity index (χ1) is 9.47. The molecule has 0 aliphatic carbocycles. The zero-order valence-electron chi connectivity index (χ0n) is 11.5. The molecule has 0 spiro atoms. The van der Waals surface area contributed by atoms with Gasteiger partial charge in [-0.15, -0.1) is 0 Å². The van der Waals surface area contributed by atoms with E-state index in [0.717, 1.165) is 5.56 Å². The molecule has 1 nitrogen and oxygen atoms in total. The number of Topliss-reactive ketones (excluding diaryl/α,β-unsaturated/α-hetero) is 1. The Labute approximate surface area is 127 Å². The topological polar surface area (TPSA) is 17.1 Å². The van der Waals surface area contributed by atoms with E-state index in [1.807, 2.05) is 24.3 Å². The van der Waals surface area contributed by atoms with Crippen molar-refractivity contribution >= 4 is 21.7 Å². The van der Waals surface area contributed by atoms with E-state index in [1.165, 1.54) is 23.8 Å². The summed E-state index contributed by atoms with van der Waals surface area (Å²) >= 11 is 3.23. The maximum atomic E-state index is 13.0. The van der Waals surface area contributed by atoms with Crippen molar-refractivity contribution in [3.05, 3.63) is 69.4 Å². The Balaban J connectivity index is 2.15. The lowest BCUT2D eigenvalue weighted by Crippen LogP contribution is -2.05. The normalized spacial score (nSPS) is 10.8. The molecule has 0 N–H and O–H groups in total. The summed E-state index contributed by atoms with van der Waals surface area (Å²) in [5.41, 5.74) is 2.74. The summed E-state index contributed by atoms with van der Waals surface area (Å²) in [5.74, 6) is 0.106. The van der Waals surface area contributed by atoms with Crippen LogP contribution < -0.4 is 0 Å². The number of hydrogen-bond donors (Lipinski definition) is 0. The van der Waals surface area contributed by atoms with Crippen LogP contribution in [0.3, 0.4) is 0 Å². The Morgan fingerprint density at radius 2 is 1.80 bits per heavy atom. The average molecular weight is 335 g/mol. The molecule has 0 aliphatic heterocycles. The van der Waals surface area contributed by atoms with Crippen LogP contribution in [-0.2, 0) is 6.42 Å². The van der Waals surface area contributed by atoms with Crippen LogP contribution >= 0.6 is 15.9 Å². The van der Waals surface area contributed by atoms with Gasteiger partial charge in [-0.3, -0.25) is 4.79 Å². The van der Waals surface area contributed by atoms with Gasteiger partial charge in [0.2, 0.25) is 0 Å². The highest BCUT2D eigenvalue weighted by molar-refractivity contribution is 9.10. The Hall–Kier alpha value is -1.48. The number of hydrogen-bond acceptors (Lipinski definition) is 1. The number of benzene rings is 2. The molecule has 2 aromatic carbocycles. The van der Waals surface area contributed by atoms with Gasteiger partial charge in [0.15, 0.2) is 5.78 Å². The molecule has 2 rings (SSSR count). The SMILES string of the molecule is CC(C)c1ccc(CC(=O)c2ccc(F)cc2Br)cc1. The molecule has 0 saturated carbocycles.